The first-order valence-corrected chi connectivity index (χ1v) is 4.33. The van der Waals surface area contributed by atoms with Crippen molar-refractivity contribution in [3.05, 3.63) is 0 Å². The van der Waals surface area contributed by atoms with Gasteiger partial charge in [0.2, 0.25) is 0 Å². The van der Waals surface area contributed by atoms with Gasteiger partial charge in [0.15, 0.2) is 0 Å². The van der Waals surface area contributed by atoms with E-state index in [-0.39, 0.29) is 29.6 Å². The predicted octanol–water partition coefficient (Wildman–Crippen LogP) is -0.676. The van der Waals surface area contributed by atoms with E-state index in [0.717, 1.165) is 0 Å². The average molecular weight is 200 g/mol. The maximum Gasteiger partial charge on any atom is 1.00 e. The van der Waals surface area contributed by atoms with Crippen molar-refractivity contribution in [3.8, 4) is 0 Å². The summed E-state index contributed by atoms with van der Waals surface area (Å²) in [7, 11) is 0. The molecular weight excluding hydrogens is 185 g/mol. The predicted molar refractivity (Wildman–Crippen MR) is 53.7 cm³/mol. The third-order valence-corrected chi connectivity index (χ3v) is 1.78. The van der Waals surface area contributed by atoms with Crippen LogP contribution in [-0.4, -0.2) is 21.3 Å². The van der Waals surface area contributed by atoms with Crippen LogP contribution in [0.5, 0.6) is 0 Å². The molecule has 0 heterocycles. The molecule has 0 rings (SSSR count). The molecule has 0 unspecified atom stereocenters. The standard InChI is InChI=1S/C7H15NS2.Na/c1-5(2)8(6(3)4)7(9)10;/h5-6H,1-4H3,(H,9,10);/q;+1. The molecule has 0 aliphatic carbocycles. The van der Waals surface area contributed by atoms with E-state index in [1.807, 2.05) is 0 Å². The summed E-state index contributed by atoms with van der Waals surface area (Å²) in [5.41, 5.74) is 0. The SMILES string of the molecule is CC(C)N(C(=S)S)C(C)C.[Na+]. The van der Waals surface area contributed by atoms with E-state index in [0.29, 0.717) is 16.4 Å². The Labute approximate surface area is 103 Å². The minimum absolute atomic E-state index is 0. The zero-order valence-electron chi connectivity index (χ0n) is 7.96. The normalized spacial score (nSPS) is 9.73. The van der Waals surface area contributed by atoms with Crippen LogP contribution < -0.4 is 29.6 Å². The second-order valence-corrected chi connectivity index (χ2v) is 3.99. The van der Waals surface area contributed by atoms with Gasteiger partial charge in [-0.3, -0.25) is 0 Å². The van der Waals surface area contributed by atoms with Gasteiger partial charge < -0.3 is 4.90 Å². The van der Waals surface area contributed by atoms with Crippen LogP contribution >= 0.6 is 24.8 Å². The molecular formula is C7H15NNaS2+. The van der Waals surface area contributed by atoms with Crippen LogP contribution in [0.2, 0.25) is 0 Å². The molecule has 0 aliphatic rings. The summed E-state index contributed by atoms with van der Waals surface area (Å²) >= 11 is 9.09. The fourth-order valence-corrected chi connectivity index (χ4v) is 1.92. The molecule has 0 spiro atoms. The number of nitrogens with zero attached hydrogens (tertiary/aromatic N) is 1. The van der Waals surface area contributed by atoms with E-state index >= 15 is 0 Å². The molecule has 0 N–H and O–H groups in total. The molecule has 0 saturated heterocycles. The molecule has 0 amide bonds. The number of hydrogen-bond donors (Lipinski definition) is 1. The van der Waals surface area contributed by atoms with Crippen LogP contribution in [0.3, 0.4) is 0 Å². The molecule has 0 radical (unpaired) electrons. The van der Waals surface area contributed by atoms with Crippen molar-refractivity contribution < 1.29 is 29.6 Å². The fraction of sp³-hybridized carbons (Fsp3) is 0.857. The van der Waals surface area contributed by atoms with Gasteiger partial charge in [-0.05, 0) is 27.7 Å². The number of hydrogen-bond acceptors (Lipinski definition) is 1. The molecule has 0 aromatic heterocycles. The smallest absolute Gasteiger partial charge is 0.353 e. The van der Waals surface area contributed by atoms with Crippen molar-refractivity contribution in [3.63, 3.8) is 0 Å². The van der Waals surface area contributed by atoms with Gasteiger partial charge in [-0.15, -0.1) is 12.6 Å². The van der Waals surface area contributed by atoms with E-state index in [1.165, 1.54) is 0 Å². The quantitative estimate of drug-likeness (QED) is 0.358. The minimum atomic E-state index is 0. The van der Waals surface area contributed by atoms with Crippen LogP contribution in [0.25, 0.3) is 0 Å². The minimum Gasteiger partial charge on any atom is -0.353 e. The van der Waals surface area contributed by atoms with Crippen LogP contribution in [-0.2, 0) is 0 Å². The van der Waals surface area contributed by atoms with E-state index in [9.17, 15) is 0 Å². The second-order valence-electron chi connectivity index (χ2n) is 2.88. The summed E-state index contributed by atoms with van der Waals surface area (Å²) in [6.07, 6.45) is 0. The van der Waals surface area contributed by atoms with Crippen LogP contribution in [0.1, 0.15) is 27.7 Å². The molecule has 4 heteroatoms. The maximum absolute atomic E-state index is 4.96. The Morgan fingerprint density at radius 3 is 1.45 bits per heavy atom. The van der Waals surface area contributed by atoms with Gasteiger partial charge in [-0.1, -0.05) is 12.2 Å². The number of thiol groups is 1. The molecule has 0 aliphatic heterocycles. The molecule has 0 bridgehead atoms. The van der Waals surface area contributed by atoms with Gasteiger partial charge in [-0.25, -0.2) is 0 Å². The fourth-order valence-electron chi connectivity index (χ4n) is 1.04. The topological polar surface area (TPSA) is 3.24 Å². The Morgan fingerprint density at radius 1 is 1.18 bits per heavy atom. The third kappa shape index (κ3) is 5.47. The Balaban J connectivity index is 0. The van der Waals surface area contributed by atoms with Gasteiger partial charge in [0.1, 0.15) is 4.32 Å². The summed E-state index contributed by atoms with van der Waals surface area (Å²) in [6.45, 7) is 8.45. The summed E-state index contributed by atoms with van der Waals surface area (Å²) in [5, 5.41) is 0. The summed E-state index contributed by atoms with van der Waals surface area (Å²) in [4.78, 5) is 2.10. The van der Waals surface area contributed by atoms with Gasteiger partial charge in [0, 0.05) is 12.1 Å². The Morgan fingerprint density at radius 2 is 1.45 bits per heavy atom. The average Bonchev–Trinajstić information content (AvgIpc) is 1.59. The molecule has 0 atom stereocenters. The Hall–Kier alpha value is 1.24. The Kier molecular flexibility index (Phi) is 9.01. The summed E-state index contributed by atoms with van der Waals surface area (Å²) in [6, 6.07) is 0.898. The van der Waals surface area contributed by atoms with Crippen LogP contribution in [0.15, 0.2) is 0 Å². The molecule has 1 nitrogen and oxygen atoms in total. The van der Waals surface area contributed by atoms with Gasteiger partial charge >= 0.3 is 29.6 Å². The van der Waals surface area contributed by atoms with E-state index in [1.54, 1.807) is 0 Å². The molecule has 0 aromatic carbocycles. The van der Waals surface area contributed by atoms with E-state index < -0.39 is 0 Å². The summed E-state index contributed by atoms with van der Waals surface area (Å²) in [5.74, 6) is 0. The molecule has 60 valence electrons. The van der Waals surface area contributed by atoms with Crippen molar-refractivity contribution in [2.24, 2.45) is 0 Å². The van der Waals surface area contributed by atoms with E-state index in [2.05, 4.69) is 45.2 Å². The second kappa shape index (κ2) is 6.72. The van der Waals surface area contributed by atoms with Crippen molar-refractivity contribution >= 4 is 29.2 Å². The molecule has 0 fully saturated rings. The van der Waals surface area contributed by atoms with Crippen molar-refractivity contribution in [1.82, 2.24) is 4.90 Å². The zero-order chi connectivity index (χ0) is 8.31. The summed E-state index contributed by atoms with van der Waals surface area (Å²) < 4.78 is 0.685. The molecule has 0 aromatic rings. The van der Waals surface area contributed by atoms with E-state index in [4.69, 9.17) is 12.2 Å². The Bertz CT molecular complexity index is 118. The van der Waals surface area contributed by atoms with Crippen LogP contribution in [0, 0.1) is 0 Å². The van der Waals surface area contributed by atoms with Gasteiger partial charge in [0.05, 0.1) is 0 Å². The molecule has 0 saturated carbocycles. The first-order valence-electron chi connectivity index (χ1n) is 3.48. The monoisotopic (exact) mass is 200 g/mol. The van der Waals surface area contributed by atoms with Gasteiger partial charge in [-0.2, -0.15) is 0 Å². The van der Waals surface area contributed by atoms with Crippen molar-refractivity contribution in [2.45, 2.75) is 39.8 Å². The zero-order valence-corrected chi connectivity index (χ0v) is 11.7. The van der Waals surface area contributed by atoms with Gasteiger partial charge in [0.25, 0.3) is 0 Å². The first-order chi connectivity index (χ1) is 4.46. The largest absolute Gasteiger partial charge is 1.00 e. The number of rotatable bonds is 2. The van der Waals surface area contributed by atoms with Crippen molar-refractivity contribution in [2.75, 3.05) is 0 Å². The molecule has 11 heavy (non-hydrogen) atoms. The first kappa shape index (κ1) is 14.7. The van der Waals surface area contributed by atoms with Crippen LogP contribution in [0.4, 0.5) is 0 Å². The third-order valence-electron chi connectivity index (χ3n) is 1.33. The van der Waals surface area contributed by atoms with Crippen molar-refractivity contribution in [1.29, 1.82) is 0 Å². The number of thiocarbonyl (C=S) groups is 1. The maximum atomic E-state index is 4.96.